The molecule has 0 amide bonds. The van der Waals surface area contributed by atoms with Gasteiger partial charge in [-0.2, -0.15) is 0 Å². The first kappa shape index (κ1) is 20.4. The van der Waals surface area contributed by atoms with Gasteiger partial charge in [0.15, 0.2) is 0 Å². The molecule has 1 aromatic carbocycles. The van der Waals surface area contributed by atoms with Crippen molar-refractivity contribution in [3.8, 4) is 5.75 Å². The fraction of sp³-hybridized carbons (Fsp3) is 0.333. The minimum atomic E-state index is -0.708. The average Bonchev–Trinajstić information content (AvgIpc) is 2.64. The van der Waals surface area contributed by atoms with Crippen LogP contribution in [0.5, 0.6) is 5.75 Å². The van der Waals surface area contributed by atoms with Crippen LogP contribution in [-0.4, -0.2) is 51.3 Å². The molecule has 0 aliphatic carbocycles. The minimum absolute atomic E-state index is 0.0659. The van der Waals surface area contributed by atoms with Crippen LogP contribution in [0.15, 0.2) is 55.6 Å². The van der Waals surface area contributed by atoms with Gasteiger partial charge in [0.05, 0.1) is 13.2 Å². The molecule has 0 aromatic heterocycles. The van der Waals surface area contributed by atoms with Crippen molar-refractivity contribution in [1.29, 1.82) is 0 Å². The second-order valence-electron chi connectivity index (χ2n) is 4.55. The number of carbonyl (C=O) groups excluding carboxylic acids is 2. The van der Waals surface area contributed by atoms with Crippen LogP contribution in [0.25, 0.3) is 0 Å². The second kappa shape index (κ2) is 12.7. The predicted molar refractivity (Wildman–Crippen MR) is 89.9 cm³/mol. The van der Waals surface area contributed by atoms with E-state index in [-0.39, 0.29) is 33.0 Å². The van der Waals surface area contributed by atoms with Gasteiger partial charge in [0.1, 0.15) is 25.6 Å². The third-order valence-electron chi connectivity index (χ3n) is 2.70. The van der Waals surface area contributed by atoms with E-state index in [0.29, 0.717) is 5.75 Å². The first-order chi connectivity index (χ1) is 12.2. The van der Waals surface area contributed by atoms with Crippen molar-refractivity contribution < 1.29 is 33.3 Å². The normalized spacial score (nSPS) is 11.2. The molecule has 1 atom stereocenters. The number of ether oxygens (including phenoxy) is 5. The number of rotatable bonds is 13. The van der Waals surface area contributed by atoms with Crippen LogP contribution >= 0.6 is 0 Å². The molecule has 0 fully saturated rings. The molecule has 0 N–H and O–H groups in total. The Balaban J connectivity index is 2.36. The molecule has 7 nitrogen and oxygen atoms in total. The maximum absolute atomic E-state index is 11.0. The van der Waals surface area contributed by atoms with Crippen LogP contribution in [0.3, 0.4) is 0 Å². The molecule has 0 saturated carbocycles. The van der Waals surface area contributed by atoms with Crippen molar-refractivity contribution in [3.05, 3.63) is 55.6 Å². The lowest BCUT2D eigenvalue weighted by Gasteiger charge is -2.19. The maximum Gasteiger partial charge on any atom is 0.330 e. The third-order valence-corrected chi connectivity index (χ3v) is 2.70. The van der Waals surface area contributed by atoms with E-state index >= 15 is 0 Å². The number of carbonyl (C=O) groups is 2. The van der Waals surface area contributed by atoms with Gasteiger partial charge in [0.25, 0.3) is 0 Å². The SMILES string of the molecule is C=CC(=O)OCCOCC(OCCOC(=O)C=C)Oc1ccccc1. The molecule has 136 valence electrons. The summed E-state index contributed by atoms with van der Waals surface area (Å²) >= 11 is 0. The molecule has 0 heterocycles. The number of hydrogen-bond donors (Lipinski definition) is 0. The van der Waals surface area contributed by atoms with E-state index in [9.17, 15) is 9.59 Å². The fourth-order valence-electron chi connectivity index (χ4n) is 1.59. The molecule has 0 saturated heterocycles. The Labute approximate surface area is 146 Å². The number of hydrogen-bond acceptors (Lipinski definition) is 7. The Morgan fingerprint density at radius 3 is 2.12 bits per heavy atom. The van der Waals surface area contributed by atoms with Crippen molar-refractivity contribution in [1.82, 2.24) is 0 Å². The van der Waals surface area contributed by atoms with Crippen LogP contribution in [0.4, 0.5) is 0 Å². The van der Waals surface area contributed by atoms with Crippen molar-refractivity contribution in [2.75, 3.05) is 33.0 Å². The summed E-state index contributed by atoms with van der Waals surface area (Å²) in [6.07, 6.45) is 1.44. The highest BCUT2D eigenvalue weighted by molar-refractivity contribution is 5.81. The summed E-state index contributed by atoms with van der Waals surface area (Å²) in [6.45, 7) is 7.19. The molecule has 0 spiro atoms. The summed E-state index contributed by atoms with van der Waals surface area (Å²) < 4.78 is 26.2. The molecular weight excluding hydrogens is 328 g/mol. The molecule has 1 rings (SSSR count). The van der Waals surface area contributed by atoms with Gasteiger partial charge in [-0.3, -0.25) is 0 Å². The van der Waals surface area contributed by atoms with Gasteiger partial charge in [0.2, 0.25) is 6.29 Å². The first-order valence-electron chi connectivity index (χ1n) is 7.65. The van der Waals surface area contributed by atoms with Crippen LogP contribution in [-0.2, 0) is 28.5 Å². The van der Waals surface area contributed by atoms with Gasteiger partial charge in [0, 0.05) is 12.2 Å². The zero-order valence-corrected chi connectivity index (χ0v) is 13.9. The standard InChI is InChI=1S/C18H22O7/c1-3-16(19)22-11-10-21-14-18(24-13-12-23-17(20)4-2)25-15-8-6-5-7-9-15/h3-9,18H,1-2,10-14H2. The topological polar surface area (TPSA) is 80.3 Å². The summed E-state index contributed by atoms with van der Waals surface area (Å²) in [7, 11) is 0. The van der Waals surface area contributed by atoms with E-state index in [0.717, 1.165) is 12.2 Å². The highest BCUT2D eigenvalue weighted by Crippen LogP contribution is 2.12. The van der Waals surface area contributed by atoms with E-state index in [1.54, 1.807) is 12.1 Å². The molecule has 0 bridgehead atoms. The first-order valence-corrected chi connectivity index (χ1v) is 7.65. The summed E-state index contributed by atoms with van der Waals surface area (Å²) in [5, 5.41) is 0. The van der Waals surface area contributed by atoms with Crippen LogP contribution in [0.2, 0.25) is 0 Å². The average molecular weight is 350 g/mol. The van der Waals surface area contributed by atoms with Crippen LogP contribution < -0.4 is 4.74 Å². The Kier molecular flexibility index (Phi) is 10.4. The highest BCUT2D eigenvalue weighted by Gasteiger charge is 2.12. The van der Waals surface area contributed by atoms with Gasteiger partial charge in [-0.15, -0.1) is 0 Å². The Morgan fingerprint density at radius 2 is 1.52 bits per heavy atom. The largest absolute Gasteiger partial charge is 0.462 e. The monoisotopic (exact) mass is 350 g/mol. The summed E-state index contributed by atoms with van der Waals surface area (Å²) in [5.41, 5.74) is 0. The van der Waals surface area contributed by atoms with E-state index in [1.807, 2.05) is 18.2 Å². The second-order valence-corrected chi connectivity index (χ2v) is 4.55. The molecule has 0 radical (unpaired) electrons. The third kappa shape index (κ3) is 9.95. The minimum Gasteiger partial charge on any atom is -0.462 e. The number of esters is 2. The van der Waals surface area contributed by atoms with Gasteiger partial charge in [-0.05, 0) is 12.1 Å². The van der Waals surface area contributed by atoms with E-state index in [1.165, 1.54) is 0 Å². The fourth-order valence-corrected chi connectivity index (χ4v) is 1.59. The van der Waals surface area contributed by atoms with Crippen LogP contribution in [0, 0.1) is 0 Å². The Bertz CT molecular complexity index is 542. The lowest BCUT2D eigenvalue weighted by Crippen LogP contribution is -2.29. The van der Waals surface area contributed by atoms with Crippen LogP contribution in [0.1, 0.15) is 0 Å². The number of benzene rings is 1. The summed E-state index contributed by atoms with van der Waals surface area (Å²) in [4.78, 5) is 21.9. The number of para-hydroxylation sites is 1. The zero-order chi connectivity index (χ0) is 18.3. The maximum atomic E-state index is 11.0. The predicted octanol–water partition coefficient (Wildman–Crippen LogP) is 1.88. The van der Waals surface area contributed by atoms with Crippen molar-refractivity contribution in [2.45, 2.75) is 6.29 Å². The van der Waals surface area contributed by atoms with E-state index in [2.05, 4.69) is 13.2 Å². The summed E-state index contributed by atoms with van der Waals surface area (Å²) in [6, 6.07) is 9.07. The van der Waals surface area contributed by atoms with E-state index in [4.69, 9.17) is 23.7 Å². The Morgan fingerprint density at radius 1 is 0.920 bits per heavy atom. The summed E-state index contributed by atoms with van der Waals surface area (Å²) in [5.74, 6) is -0.428. The molecule has 25 heavy (non-hydrogen) atoms. The quantitative estimate of drug-likeness (QED) is 0.233. The molecule has 1 aromatic rings. The lowest BCUT2D eigenvalue weighted by molar-refractivity contribution is -0.152. The van der Waals surface area contributed by atoms with Gasteiger partial charge in [-0.1, -0.05) is 31.4 Å². The van der Waals surface area contributed by atoms with Crippen molar-refractivity contribution >= 4 is 11.9 Å². The molecule has 0 aliphatic heterocycles. The molecule has 7 heteroatoms. The smallest absolute Gasteiger partial charge is 0.330 e. The Hall–Kier alpha value is -2.64. The highest BCUT2D eigenvalue weighted by atomic mass is 16.7. The molecule has 1 unspecified atom stereocenters. The van der Waals surface area contributed by atoms with Gasteiger partial charge >= 0.3 is 11.9 Å². The van der Waals surface area contributed by atoms with Crippen molar-refractivity contribution in [3.63, 3.8) is 0 Å². The molecule has 0 aliphatic rings. The van der Waals surface area contributed by atoms with E-state index < -0.39 is 18.2 Å². The van der Waals surface area contributed by atoms with Gasteiger partial charge < -0.3 is 23.7 Å². The molecular formula is C18H22O7. The lowest BCUT2D eigenvalue weighted by atomic mass is 10.3. The zero-order valence-electron chi connectivity index (χ0n) is 13.9. The van der Waals surface area contributed by atoms with Crippen molar-refractivity contribution in [2.24, 2.45) is 0 Å². The van der Waals surface area contributed by atoms with Gasteiger partial charge in [-0.25, -0.2) is 9.59 Å².